The maximum Gasteiger partial charge on any atom is 0.411 e. The molecule has 1 fully saturated rings. The van der Waals surface area contributed by atoms with Gasteiger partial charge in [0.05, 0.1) is 12.7 Å². The molecule has 0 amide bonds. The van der Waals surface area contributed by atoms with Gasteiger partial charge in [0.2, 0.25) is 0 Å². The number of piperazine rings is 1. The molecule has 1 heterocycles. The van der Waals surface area contributed by atoms with Gasteiger partial charge >= 0.3 is 6.18 Å². The lowest BCUT2D eigenvalue weighted by Gasteiger charge is -2.37. The van der Waals surface area contributed by atoms with Crippen LogP contribution in [0.5, 0.6) is 0 Å². The minimum atomic E-state index is -4.25. The van der Waals surface area contributed by atoms with E-state index in [9.17, 15) is 18.3 Å². The second-order valence-corrected chi connectivity index (χ2v) is 6.69. The minimum absolute atomic E-state index is 0.101. The summed E-state index contributed by atoms with van der Waals surface area (Å²) < 4.78 is 40.4. The van der Waals surface area contributed by atoms with Gasteiger partial charge in [-0.1, -0.05) is 20.8 Å². The highest BCUT2D eigenvalue weighted by atomic mass is 19.4. The Morgan fingerprint density at radius 1 is 1.05 bits per heavy atom. The zero-order chi connectivity index (χ0) is 16.1. The highest BCUT2D eigenvalue weighted by molar-refractivity contribution is 4.79. The lowest BCUT2D eigenvalue weighted by molar-refractivity contribution is -0.174. The van der Waals surface area contributed by atoms with Crippen LogP contribution in [-0.4, -0.2) is 79.7 Å². The molecule has 126 valence electrons. The normalized spacial score (nSPS) is 20.7. The zero-order valence-electron chi connectivity index (χ0n) is 13.1. The fourth-order valence-electron chi connectivity index (χ4n) is 2.10. The quantitative estimate of drug-likeness (QED) is 0.756. The molecule has 0 radical (unpaired) electrons. The summed E-state index contributed by atoms with van der Waals surface area (Å²) in [6, 6.07) is 0. The van der Waals surface area contributed by atoms with E-state index in [1.807, 2.05) is 20.8 Å². The highest BCUT2D eigenvalue weighted by Crippen LogP contribution is 2.20. The molecule has 1 N–H and O–H groups in total. The average molecular weight is 312 g/mol. The first-order chi connectivity index (χ1) is 9.58. The van der Waals surface area contributed by atoms with Crippen LogP contribution < -0.4 is 0 Å². The van der Waals surface area contributed by atoms with Crippen molar-refractivity contribution in [2.45, 2.75) is 33.1 Å². The van der Waals surface area contributed by atoms with Gasteiger partial charge in [-0.2, -0.15) is 13.2 Å². The molecule has 0 aromatic heterocycles. The molecule has 1 aliphatic rings. The van der Waals surface area contributed by atoms with Crippen LogP contribution in [0.1, 0.15) is 20.8 Å². The van der Waals surface area contributed by atoms with Crippen molar-refractivity contribution in [1.29, 1.82) is 0 Å². The van der Waals surface area contributed by atoms with E-state index in [1.165, 1.54) is 0 Å². The van der Waals surface area contributed by atoms with Crippen molar-refractivity contribution in [1.82, 2.24) is 9.80 Å². The number of alkyl halides is 3. The second kappa shape index (κ2) is 7.76. The van der Waals surface area contributed by atoms with Crippen LogP contribution in [0.2, 0.25) is 0 Å². The Bertz CT molecular complexity index is 298. The van der Waals surface area contributed by atoms with Crippen molar-refractivity contribution in [2.24, 2.45) is 5.41 Å². The first-order valence-corrected chi connectivity index (χ1v) is 7.35. The van der Waals surface area contributed by atoms with Gasteiger partial charge in [0.15, 0.2) is 0 Å². The van der Waals surface area contributed by atoms with Gasteiger partial charge < -0.3 is 9.84 Å². The minimum Gasteiger partial charge on any atom is -0.391 e. The molecule has 1 aliphatic heterocycles. The molecular formula is C14H27F3N2O2. The van der Waals surface area contributed by atoms with Gasteiger partial charge in [0, 0.05) is 39.3 Å². The van der Waals surface area contributed by atoms with Crippen molar-refractivity contribution in [3.8, 4) is 0 Å². The van der Waals surface area contributed by atoms with Crippen LogP contribution in [0.4, 0.5) is 13.2 Å². The number of hydrogen-bond acceptors (Lipinski definition) is 4. The van der Waals surface area contributed by atoms with Crippen LogP contribution in [0.15, 0.2) is 0 Å². The number of nitrogens with zero attached hydrogens (tertiary/aromatic N) is 2. The third kappa shape index (κ3) is 7.99. The van der Waals surface area contributed by atoms with Gasteiger partial charge in [-0.3, -0.25) is 9.80 Å². The van der Waals surface area contributed by atoms with Gasteiger partial charge in [-0.25, -0.2) is 0 Å². The van der Waals surface area contributed by atoms with Crippen LogP contribution in [0.3, 0.4) is 0 Å². The Morgan fingerprint density at radius 3 is 2.05 bits per heavy atom. The average Bonchev–Trinajstić information content (AvgIpc) is 2.34. The molecule has 0 aliphatic carbocycles. The Balaban J connectivity index is 2.15. The van der Waals surface area contributed by atoms with Crippen molar-refractivity contribution in [3.05, 3.63) is 0 Å². The molecule has 21 heavy (non-hydrogen) atoms. The van der Waals surface area contributed by atoms with E-state index >= 15 is 0 Å². The molecule has 7 heteroatoms. The standard InChI is InChI=1S/C14H27F3N2O2/c1-13(2,3)12(20)10-19-6-4-18(5-7-19)8-9-21-11-14(15,16)17/h12,20H,4-11H2,1-3H3/t12-/m1/s1. The monoisotopic (exact) mass is 312 g/mol. The molecule has 0 bridgehead atoms. The lowest BCUT2D eigenvalue weighted by Crippen LogP contribution is -2.50. The molecule has 0 spiro atoms. The molecule has 0 unspecified atom stereocenters. The molecule has 0 aromatic rings. The van der Waals surface area contributed by atoms with E-state index in [1.54, 1.807) is 0 Å². The first kappa shape index (κ1) is 18.7. The third-order valence-electron chi connectivity index (χ3n) is 3.71. The molecule has 0 aromatic carbocycles. The smallest absolute Gasteiger partial charge is 0.391 e. The summed E-state index contributed by atoms with van der Waals surface area (Å²) in [6.45, 7) is 9.35. The predicted octanol–water partition coefficient (Wildman–Crippen LogP) is 1.59. The second-order valence-electron chi connectivity index (χ2n) is 6.69. The predicted molar refractivity (Wildman–Crippen MR) is 75.2 cm³/mol. The van der Waals surface area contributed by atoms with Gasteiger partial charge in [0.1, 0.15) is 6.61 Å². The van der Waals surface area contributed by atoms with E-state index in [2.05, 4.69) is 14.5 Å². The summed E-state index contributed by atoms with van der Waals surface area (Å²) in [5, 5.41) is 10.1. The molecule has 4 nitrogen and oxygen atoms in total. The summed E-state index contributed by atoms with van der Waals surface area (Å²) in [4.78, 5) is 4.29. The SMILES string of the molecule is CC(C)(C)[C@H](O)CN1CCN(CCOCC(F)(F)F)CC1. The summed E-state index contributed by atoms with van der Waals surface area (Å²) in [6.07, 6.45) is -4.62. The Kier molecular flexibility index (Phi) is 6.90. The van der Waals surface area contributed by atoms with E-state index in [-0.39, 0.29) is 18.1 Å². The lowest BCUT2D eigenvalue weighted by atomic mass is 9.89. The fraction of sp³-hybridized carbons (Fsp3) is 1.00. The zero-order valence-corrected chi connectivity index (χ0v) is 13.1. The van der Waals surface area contributed by atoms with Crippen molar-refractivity contribution in [3.63, 3.8) is 0 Å². The maximum absolute atomic E-state index is 11.9. The number of hydrogen-bond donors (Lipinski definition) is 1. The number of aliphatic hydroxyl groups is 1. The number of rotatable bonds is 6. The van der Waals surface area contributed by atoms with Crippen LogP contribution >= 0.6 is 0 Å². The van der Waals surface area contributed by atoms with Gasteiger partial charge in [0.25, 0.3) is 0 Å². The molecule has 1 saturated heterocycles. The Labute approximate surface area is 124 Å². The summed E-state index contributed by atoms with van der Waals surface area (Å²) >= 11 is 0. The largest absolute Gasteiger partial charge is 0.411 e. The number of ether oxygens (including phenoxy) is 1. The first-order valence-electron chi connectivity index (χ1n) is 7.35. The van der Waals surface area contributed by atoms with E-state index in [0.717, 1.165) is 26.2 Å². The van der Waals surface area contributed by atoms with Gasteiger partial charge in [-0.05, 0) is 5.41 Å². The maximum atomic E-state index is 11.9. The topological polar surface area (TPSA) is 35.9 Å². The number of β-amino-alcohol motifs (C(OH)–C–C–N with tert-alkyl or cyclic N) is 1. The summed E-state index contributed by atoms with van der Waals surface area (Å²) in [5.41, 5.74) is -0.136. The molecule has 0 saturated carbocycles. The van der Waals surface area contributed by atoms with Crippen LogP contribution in [0, 0.1) is 5.41 Å². The molecular weight excluding hydrogens is 285 g/mol. The van der Waals surface area contributed by atoms with Gasteiger partial charge in [-0.15, -0.1) is 0 Å². The summed E-state index contributed by atoms with van der Waals surface area (Å²) in [5.74, 6) is 0. The Morgan fingerprint density at radius 2 is 1.57 bits per heavy atom. The number of halogens is 3. The molecule has 1 rings (SSSR count). The fourth-order valence-corrected chi connectivity index (χ4v) is 2.10. The summed E-state index contributed by atoms with van der Waals surface area (Å²) in [7, 11) is 0. The van der Waals surface area contributed by atoms with E-state index in [0.29, 0.717) is 13.1 Å². The van der Waals surface area contributed by atoms with E-state index in [4.69, 9.17) is 0 Å². The van der Waals surface area contributed by atoms with Crippen LogP contribution in [-0.2, 0) is 4.74 Å². The third-order valence-corrected chi connectivity index (χ3v) is 3.71. The van der Waals surface area contributed by atoms with E-state index < -0.39 is 12.8 Å². The highest BCUT2D eigenvalue weighted by Gasteiger charge is 2.28. The number of aliphatic hydroxyl groups excluding tert-OH is 1. The Hall–Kier alpha value is -0.370. The van der Waals surface area contributed by atoms with Crippen molar-refractivity contribution < 1.29 is 23.0 Å². The van der Waals surface area contributed by atoms with Crippen LogP contribution in [0.25, 0.3) is 0 Å². The van der Waals surface area contributed by atoms with Crippen molar-refractivity contribution in [2.75, 3.05) is 52.5 Å². The molecule has 1 atom stereocenters. The van der Waals surface area contributed by atoms with Crippen molar-refractivity contribution >= 4 is 0 Å².